The van der Waals surface area contributed by atoms with Gasteiger partial charge in [-0.1, -0.05) is 114 Å². The standard InChI is InChI=1S/C14H18O3.5C2H6.C2H4/c1-5-8-9-11-12(4)16-14(15)17-13(7-3)10-6-2;6*1-2/h5-6,8-11H,2,4,7H2,1,3H3;5*1-2H3;1-2H2/b8-5-,11-9-,13-10+;;;;;;. The zero-order valence-electron chi connectivity index (χ0n) is 21.7. The van der Waals surface area contributed by atoms with Gasteiger partial charge in [-0.15, -0.1) is 13.2 Å². The minimum absolute atomic E-state index is 0.224. The second kappa shape index (κ2) is 63.6. The summed E-state index contributed by atoms with van der Waals surface area (Å²) in [6, 6.07) is 0. The highest BCUT2D eigenvalue weighted by atomic mass is 16.7. The summed E-state index contributed by atoms with van der Waals surface area (Å²) in [5.41, 5.74) is 0. The van der Waals surface area contributed by atoms with Crippen LogP contribution in [0.1, 0.15) is 89.5 Å². The zero-order valence-corrected chi connectivity index (χ0v) is 21.7. The van der Waals surface area contributed by atoms with Crippen LogP contribution in [0.5, 0.6) is 0 Å². The summed E-state index contributed by atoms with van der Waals surface area (Å²) in [4.78, 5) is 11.3. The van der Waals surface area contributed by atoms with Gasteiger partial charge >= 0.3 is 6.16 Å². The summed E-state index contributed by atoms with van der Waals surface area (Å²) in [6.45, 7) is 36.8. The summed E-state index contributed by atoms with van der Waals surface area (Å²) < 4.78 is 9.76. The molecule has 0 heterocycles. The molecular formula is C26H52O3. The van der Waals surface area contributed by atoms with Gasteiger partial charge < -0.3 is 9.47 Å². The molecule has 0 saturated heterocycles. The lowest BCUT2D eigenvalue weighted by Gasteiger charge is -2.06. The minimum Gasteiger partial charge on any atom is -0.399 e. The summed E-state index contributed by atoms with van der Waals surface area (Å²) in [6.07, 6.45) is 9.89. The van der Waals surface area contributed by atoms with Crippen molar-refractivity contribution in [3.05, 3.63) is 74.3 Å². The van der Waals surface area contributed by atoms with Crippen molar-refractivity contribution < 1.29 is 14.3 Å². The Bertz CT molecular complexity index is 375. The molecule has 0 saturated carbocycles. The van der Waals surface area contributed by atoms with Gasteiger partial charge in [0.1, 0.15) is 11.5 Å². The second-order valence-corrected chi connectivity index (χ2v) is 3.03. The van der Waals surface area contributed by atoms with Crippen LogP contribution in [0.15, 0.2) is 74.3 Å². The molecule has 174 valence electrons. The lowest BCUT2D eigenvalue weighted by Crippen LogP contribution is -2.05. The molecular weight excluding hydrogens is 360 g/mol. The minimum atomic E-state index is -0.796. The molecule has 3 heteroatoms. The molecule has 3 nitrogen and oxygen atoms in total. The molecule has 0 N–H and O–H groups in total. The molecule has 0 amide bonds. The van der Waals surface area contributed by atoms with Crippen LogP contribution < -0.4 is 0 Å². The molecule has 0 aromatic heterocycles. The van der Waals surface area contributed by atoms with Gasteiger partial charge in [-0.25, -0.2) is 4.79 Å². The molecule has 0 aliphatic carbocycles. The van der Waals surface area contributed by atoms with E-state index in [0.29, 0.717) is 12.2 Å². The van der Waals surface area contributed by atoms with E-state index in [2.05, 4.69) is 26.3 Å². The van der Waals surface area contributed by atoms with Crippen LogP contribution in [0.4, 0.5) is 4.79 Å². The Balaban J connectivity index is -0.0000000684. The summed E-state index contributed by atoms with van der Waals surface area (Å²) in [7, 11) is 0. The normalized spacial score (nSPS) is 8.07. The van der Waals surface area contributed by atoms with Crippen molar-refractivity contribution >= 4 is 6.16 Å². The van der Waals surface area contributed by atoms with Gasteiger partial charge in [-0.2, -0.15) is 0 Å². The topological polar surface area (TPSA) is 35.5 Å². The van der Waals surface area contributed by atoms with Crippen molar-refractivity contribution in [1.29, 1.82) is 0 Å². The van der Waals surface area contributed by atoms with E-state index in [4.69, 9.17) is 9.47 Å². The van der Waals surface area contributed by atoms with Gasteiger partial charge in [0.05, 0.1) is 0 Å². The Labute approximate surface area is 184 Å². The van der Waals surface area contributed by atoms with Crippen molar-refractivity contribution in [2.75, 3.05) is 0 Å². The highest BCUT2D eigenvalue weighted by molar-refractivity contribution is 5.63. The average molecular weight is 413 g/mol. The van der Waals surface area contributed by atoms with E-state index >= 15 is 0 Å². The quantitative estimate of drug-likeness (QED) is 0.188. The molecule has 0 spiro atoms. The lowest BCUT2D eigenvalue weighted by molar-refractivity contribution is 0.103. The van der Waals surface area contributed by atoms with Crippen molar-refractivity contribution in [2.45, 2.75) is 89.5 Å². The third-order valence-electron chi connectivity index (χ3n) is 1.67. The first kappa shape index (κ1) is 45.4. The third kappa shape index (κ3) is 58.6. The van der Waals surface area contributed by atoms with Crippen molar-refractivity contribution in [3.8, 4) is 0 Å². The van der Waals surface area contributed by atoms with Gasteiger partial charge in [0.15, 0.2) is 0 Å². The molecule has 0 rings (SSSR count). The second-order valence-electron chi connectivity index (χ2n) is 3.03. The first-order valence-electron chi connectivity index (χ1n) is 10.8. The fourth-order valence-corrected chi connectivity index (χ4v) is 0.898. The van der Waals surface area contributed by atoms with E-state index in [9.17, 15) is 4.79 Å². The Kier molecular flexibility index (Phi) is 99.7. The molecule has 0 aromatic rings. The van der Waals surface area contributed by atoms with Gasteiger partial charge in [0, 0.05) is 6.42 Å². The van der Waals surface area contributed by atoms with Crippen molar-refractivity contribution in [3.63, 3.8) is 0 Å². The van der Waals surface area contributed by atoms with E-state index in [1.807, 2.05) is 89.2 Å². The van der Waals surface area contributed by atoms with Crippen LogP contribution >= 0.6 is 0 Å². The Morgan fingerprint density at radius 2 is 1.24 bits per heavy atom. The number of allylic oxidation sites excluding steroid dienone is 7. The summed E-state index contributed by atoms with van der Waals surface area (Å²) in [5.74, 6) is 0.720. The van der Waals surface area contributed by atoms with Gasteiger partial charge in [-0.3, -0.25) is 0 Å². The number of rotatable bonds is 6. The molecule has 0 atom stereocenters. The van der Waals surface area contributed by atoms with Crippen LogP contribution in [0.25, 0.3) is 0 Å². The smallest absolute Gasteiger partial charge is 0.399 e. The Hall–Kier alpha value is -2.29. The van der Waals surface area contributed by atoms with Crippen LogP contribution in [-0.4, -0.2) is 6.16 Å². The SMILES string of the molecule is C=C.C=C/C=C(\CC)OC(=O)OC(=C)/C=C\C=C/C.CC.CC.CC.CC.CC. The predicted octanol–water partition coefficient (Wildman–Crippen LogP) is 10.2. The van der Waals surface area contributed by atoms with Gasteiger partial charge in [0.2, 0.25) is 0 Å². The van der Waals surface area contributed by atoms with E-state index < -0.39 is 6.16 Å². The number of hydrogen-bond acceptors (Lipinski definition) is 3. The summed E-state index contributed by atoms with van der Waals surface area (Å²) in [5, 5.41) is 0. The first-order chi connectivity index (χ1) is 14.1. The van der Waals surface area contributed by atoms with E-state index in [1.165, 1.54) is 0 Å². The Morgan fingerprint density at radius 3 is 1.55 bits per heavy atom. The molecule has 29 heavy (non-hydrogen) atoms. The number of carbonyl (C=O) groups excluding carboxylic acids is 1. The van der Waals surface area contributed by atoms with E-state index in [-0.39, 0.29) is 5.76 Å². The number of ether oxygens (including phenoxy) is 2. The third-order valence-corrected chi connectivity index (χ3v) is 1.67. The maximum Gasteiger partial charge on any atom is 0.519 e. The average Bonchev–Trinajstić information content (AvgIpc) is 2.81. The molecule has 0 fully saturated rings. The maximum absolute atomic E-state index is 11.3. The number of carbonyl (C=O) groups is 1. The Morgan fingerprint density at radius 1 is 0.828 bits per heavy atom. The summed E-state index contributed by atoms with van der Waals surface area (Å²) >= 11 is 0. The molecule has 0 radical (unpaired) electrons. The zero-order chi connectivity index (χ0) is 25.1. The molecule has 0 unspecified atom stereocenters. The van der Waals surface area contributed by atoms with Crippen LogP contribution in [0.3, 0.4) is 0 Å². The van der Waals surface area contributed by atoms with Crippen molar-refractivity contribution in [2.24, 2.45) is 0 Å². The van der Waals surface area contributed by atoms with E-state index in [1.54, 1.807) is 30.4 Å². The largest absolute Gasteiger partial charge is 0.519 e. The fraction of sp³-hybridized carbons (Fsp3) is 0.500. The molecule has 0 bridgehead atoms. The van der Waals surface area contributed by atoms with Crippen molar-refractivity contribution in [1.82, 2.24) is 0 Å². The van der Waals surface area contributed by atoms with E-state index in [0.717, 1.165) is 0 Å². The molecule has 0 aromatic carbocycles. The monoisotopic (exact) mass is 412 g/mol. The fourth-order valence-electron chi connectivity index (χ4n) is 0.898. The predicted molar refractivity (Wildman–Crippen MR) is 137 cm³/mol. The first-order valence-corrected chi connectivity index (χ1v) is 10.8. The molecule has 0 aliphatic heterocycles. The van der Waals surface area contributed by atoms with Gasteiger partial charge in [-0.05, 0) is 19.1 Å². The van der Waals surface area contributed by atoms with Crippen LogP contribution in [0, 0.1) is 0 Å². The highest BCUT2D eigenvalue weighted by Crippen LogP contribution is 2.07. The van der Waals surface area contributed by atoms with Crippen LogP contribution in [0.2, 0.25) is 0 Å². The van der Waals surface area contributed by atoms with Gasteiger partial charge in [0.25, 0.3) is 0 Å². The number of hydrogen-bond donors (Lipinski definition) is 0. The van der Waals surface area contributed by atoms with Crippen LogP contribution in [-0.2, 0) is 9.47 Å². The maximum atomic E-state index is 11.3. The lowest BCUT2D eigenvalue weighted by atomic mass is 10.3. The molecule has 0 aliphatic rings. The highest BCUT2D eigenvalue weighted by Gasteiger charge is 2.07.